The van der Waals surface area contributed by atoms with Crippen LogP contribution in [0.25, 0.3) is 0 Å². The van der Waals surface area contributed by atoms with E-state index < -0.39 is 0 Å². The number of carbonyl (C=O) groups is 1. The van der Waals surface area contributed by atoms with Crippen molar-refractivity contribution in [3.05, 3.63) is 33.3 Å². The van der Waals surface area contributed by atoms with Gasteiger partial charge in [0.25, 0.3) is 5.91 Å². The molecule has 0 aliphatic carbocycles. The molecule has 1 aliphatic rings. The van der Waals surface area contributed by atoms with Crippen molar-refractivity contribution in [1.29, 1.82) is 0 Å². The molecule has 1 fully saturated rings. The Morgan fingerprint density at radius 1 is 1.56 bits per heavy atom. The molecule has 1 N–H and O–H groups in total. The number of benzene rings is 1. The molecule has 2 rings (SSSR count). The summed E-state index contributed by atoms with van der Waals surface area (Å²) in [6, 6.07) is 5.34. The van der Waals surface area contributed by atoms with Crippen LogP contribution in [0.15, 0.2) is 22.7 Å². The van der Waals surface area contributed by atoms with Crippen molar-refractivity contribution < 1.29 is 9.53 Å². The Balaban J connectivity index is 1.93. The Morgan fingerprint density at radius 3 is 3.11 bits per heavy atom. The van der Waals surface area contributed by atoms with E-state index in [1.54, 1.807) is 12.1 Å². The Labute approximate surface area is 120 Å². The molecular weight excluding hydrogens is 318 g/mol. The van der Waals surface area contributed by atoms with Crippen LogP contribution in [-0.4, -0.2) is 25.7 Å². The number of carbonyl (C=O) groups excluding carboxylic acids is 1. The zero-order valence-electron chi connectivity index (χ0n) is 9.92. The summed E-state index contributed by atoms with van der Waals surface area (Å²) in [6.45, 7) is 2.20. The first-order valence-electron chi connectivity index (χ1n) is 5.98. The lowest BCUT2D eigenvalue weighted by molar-refractivity contribution is 0.0536. The number of amides is 1. The fraction of sp³-hybridized carbons (Fsp3) is 0.462. The van der Waals surface area contributed by atoms with Gasteiger partial charge in [-0.2, -0.15) is 0 Å². The monoisotopic (exact) mass is 331 g/mol. The third-order valence-electron chi connectivity index (χ3n) is 3.00. The molecular formula is C13H15BrClNO2. The smallest absolute Gasteiger partial charge is 0.252 e. The first kappa shape index (κ1) is 13.8. The van der Waals surface area contributed by atoms with E-state index in [1.807, 2.05) is 6.07 Å². The van der Waals surface area contributed by atoms with Crippen molar-refractivity contribution in [2.75, 3.05) is 19.8 Å². The molecule has 3 nitrogen and oxygen atoms in total. The maximum absolute atomic E-state index is 12.0. The third-order valence-corrected chi connectivity index (χ3v) is 4.30. The van der Waals surface area contributed by atoms with Crippen molar-refractivity contribution in [3.8, 4) is 0 Å². The lowest BCUT2D eigenvalue weighted by Crippen LogP contribution is -2.33. The molecule has 98 valence electrons. The van der Waals surface area contributed by atoms with Gasteiger partial charge < -0.3 is 10.1 Å². The average molecular weight is 333 g/mol. The van der Waals surface area contributed by atoms with E-state index in [1.165, 1.54) is 0 Å². The topological polar surface area (TPSA) is 38.3 Å². The molecule has 1 aliphatic heterocycles. The molecule has 0 spiro atoms. The zero-order valence-corrected chi connectivity index (χ0v) is 12.3. The van der Waals surface area contributed by atoms with Crippen LogP contribution in [0.4, 0.5) is 0 Å². The summed E-state index contributed by atoms with van der Waals surface area (Å²) in [4.78, 5) is 12.0. The van der Waals surface area contributed by atoms with Gasteiger partial charge in [-0.1, -0.05) is 17.7 Å². The van der Waals surface area contributed by atoms with Crippen LogP contribution in [0, 0.1) is 5.92 Å². The summed E-state index contributed by atoms with van der Waals surface area (Å²) >= 11 is 9.39. The Morgan fingerprint density at radius 2 is 2.39 bits per heavy atom. The van der Waals surface area contributed by atoms with E-state index >= 15 is 0 Å². The first-order chi connectivity index (χ1) is 8.68. The van der Waals surface area contributed by atoms with Gasteiger partial charge in [-0.05, 0) is 46.8 Å². The maximum atomic E-state index is 12.0. The second kappa shape index (κ2) is 6.55. The predicted molar refractivity (Wildman–Crippen MR) is 75.0 cm³/mol. The number of nitrogens with one attached hydrogen (secondary N) is 1. The fourth-order valence-corrected chi connectivity index (χ4v) is 2.56. The fourth-order valence-electron chi connectivity index (χ4n) is 1.98. The van der Waals surface area contributed by atoms with E-state index in [9.17, 15) is 4.79 Å². The van der Waals surface area contributed by atoms with Gasteiger partial charge in [-0.25, -0.2) is 0 Å². The first-order valence-corrected chi connectivity index (χ1v) is 7.15. The summed E-state index contributed by atoms with van der Waals surface area (Å²) in [5.74, 6) is 0.278. The van der Waals surface area contributed by atoms with E-state index in [2.05, 4.69) is 21.2 Å². The quantitative estimate of drug-likeness (QED) is 0.922. The maximum Gasteiger partial charge on any atom is 0.252 e. The minimum atomic E-state index is -0.133. The molecule has 18 heavy (non-hydrogen) atoms. The number of hydrogen-bond donors (Lipinski definition) is 1. The standard InChI is InChI=1S/C13H15BrClNO2/c14-11-5-1-4-10(12(11)15)13(17)16-7-9-3-2-6-18-8-9/h1,4-5,9H,2-3,6-8H2,(H,16,17). The molecule has 1 aromatic rings. The average Bonchev–Trinajstić information content (AvgIpc) is 2.40. The molecule has 0 saturated carbocycles. The Bertz CT molecular complexity index is 433. The summed E-state index contributed by atoms with van der Waals surface area (Å²) in [7, 11) is 0. The van der Waals surface area contributed by atoms with E-state index in [4.69, 9.17) is 16.3 Å². The zero-order chi connectivity index (χ0) is 13.0. The van der Waals surface area contributed by atoms with Crippen LogP contribution < -0.4 is 5.32 Å². The van der Waals surface area contributed by atoms with Gasteiger partial charge in [0, 0.05) is 17.6 Å². The Kier molecular flexibility index (Phi) is 5.03. The van der Waals surface area contributed by atoms with Crippen LogP contribution >= 0.6 is 27.5 Å². The van der Waals surface area contributed by atoms with Crippen molar-refractivity contribution in [3.63, 3.8) is 0 Å². The van der Waals surface area contributed by atoms with Gasteiger partial charge in [0.1, 0.15) is 0 Å². The molecule has 1 atom stereocenters. The van der Waals surface area contributed by atoms with Crippen LogP contribution in [0.2, 0.25) is 5.02 Å². The van der Waals surface area contributed by atoms with Crippen LogP contribution in [-0.2, 0) is 4.74 Å². The van der Waals surface area contributed by atoms with Gasteiger partial charge in [0.15, 0.2) is 0 Å². The molecule has 1 unspecified atom stereocenters. The molecule has 5 heteroatoms. The molecule has 0 aromatic heterocycles. The largest absolute Gasteiger partial charge is 0.381 e. The van der Waals surface area contributed by atoms with Gasteiger partial charge in [0.2, 0.25) is 0 Å². The summed E-state index contributed by atoms with van der Waals surface area (Å²) in [5.41, 5.74) is 0.503. The van der Waals surface area contributed by atoms with Crippen molar-refractivity contribution in [2.45, 2.75) is 12.8 Å². The molecule has 0 bridgehead atoms. The second-order valence-corrected chi connectivity index (χ2v) is 5.63. The van der Waals surface area contributed by atoms with Gasteiger partial charge in [-0.15, -0.1) is 0 Å². The molecule has 0 radical (unpaired) electrons. The summed E-state index contributed by atoms with van der Waals surface area (Å²) in [5, 5.41) is 3.37. The summed E-state index contributed by atoms with van der Waals surface area (Å²) in [6.07, 6.45) is 2.17. The van der Waals surface area contributed by atoms with Crippen molar-refractivity contribution in [1.82, 2.24) is 5.32 Å². The van der Waals surface area contributed by atoms with Gasteiger partial charge >= 0.3 is 0 Å². The van der Waals surface area contributed by atoms with Crippen LogP contribution in [0.1, 0.15) is 23.2 Å². The van der Waals surface area contributed by atoms with Crippen LogP contribution in [0.3, 0.4) is 0 Å². The lowest BCUT2D eigenvalue weighted by atomic mass is 10.0. The lowest BCUT2D eigenvalue weighted by Gasteiger charge is -2.22. The minimum absolute atomic E-state index is 0.133. The highest BCUT2D eigenvalue weighted by molar-refractivity contribution is 9.10. The SMILES string of the molecule is O=C(NCC1CCCOC1)c1cccc(Br)c1Cl. The molecule has 1 heterocycles. The van der Waals surface area contributed by atoms with Gasteiger partial charge in [0.05, 0.1) is 17.2 Å². The summed E-state index contributed by atoms with van der Waals surface area (Å²) < 4.78 is 6.11. The molecule has 1 aromatic carbocycles. The van der Waals surface area contributed by atoms with Gasteiger partial charge in [-0.3, -0.25) is 4.79 Å². The molecule has 1 saturated heterocycles. The van der Waals surface area contributed by atoms with E-state index in [-0.39, 0.29) is 5.91 Å². The minimum Gasteiger partial charge on any atom is -0.381 e. The third kappa shape index (κ3) is 3.46. The number of halogens is 2. The highest BCUT2D eigenvalue weighted by atomic mass is 79.9. The van der Waals surface area contributed by atoms with Crippen LogP contribution in [0.5, 0.6) is 0 Å². The normalized spacial score (nSPS) is 19.6. The number of hydrogen-bond acceptors (Lipinski definition) is 2. The highest BCUT2D eigenvalue weighted by Crippen LogP contribution is 2.25. The second-order valence-electron chi connectivity index (χ2n) is 4.39. The number of rotatable bonds is 3. The Hall–Kier alpha value is -0.580. The molecule has 1 amide bonds. The number of ether oxygens (including phenoxy) is 1. The van der Waals surface area contributed by atoms with Crippen molar-refractivity contribution >= 4 is 33.4 Å². The van der Waals surface area contributed by atoms with Crippen molar-refractivity contribution in [2.24, 2.45) is 5.92 Å². The van der Waals surface area contributed by atoms with E-state index in [0.717, 1.165) is 30.5 Å². The predicted octanol–water partition coefficient (Wildman–Crippen LogP) is 3.26. The van der Waals surface area contributed by atoms with E-state index in [0.29, 0.717) is 23.0 Å². The highest BCUT2D eigenvalue weighted by Gasteiger charge is 2.17.